The van der Waals surface area contributed by atoms with E-state index in [0.29, 0.717) is 6.61 Å². The largest absolute Gasteiger partial charge is 0.497 e. The van der Waals surface area contributed by atoms with Crippen LogP contribution in [0.5, 0.6) is 5.75 Å². The SMILES string of the molecule is CCOC(=O)[C@@H](C)N1CCN(c2ccc(OC)cc2)CC1. The van der Waals surface area contributed by atoms with Gasteiger partial charge >= 0.3 is 5.97 Å². The summed E-state index contributed by atoms with van der Waals surface area (Å²) >= 11 is 0. The number of hydrogen-bond donors (Lipinski definition) is 0. The number of ether oxygens (including phenoxy) is 2. The van der Waals surface area contributed by atoms with Crippen molar-refractivity contribution in [2.45, 2.75) is 19.9 Å². The van der Waals surface area contributed by atoms with Crippen LogP contribution in [0.25, 0.3) is 0 Å². The molecule has 116 valence electrons. The van der Waals surface area contributed by atoms with E-state index in [1.807, 2.05) is 26.0 Å². The van der Waals surface area contributed by atoms with Gasteiger partial charge in [-0.2, -0.15) is 0 Å². The predicted octanol–water partition coefficient (Wildman–Crippen LogP) is 1.77. The summed E-state index contributed by atoms with van der Waals surface area (Å²) in [7, 11) is 1.67. The molecule has 0 aromatic heterocycles. The molecule has 5 heteroatoms. The van der Waals surface area contributed by atoms with Crippen molar-refractivity contribution >= 4 is 11.7 Å². The Balaban J connectivity index is 1.88. The third-order valence-electron chi connectivity index (χ3n) is 3.93. The van der Waals surface area contributed by atoms with Gasteiger partial charge in [-0.15, -0.1) is 0 Å². The van der Waals surface area contributed by atoms with Gasteiger partial charge in [-0.05, 0) is 38.1 Å². The molecule has 0 amide bonds. The highest BCUT2D eigenvalue weighted by atomic mass is 16.5. The molecule has 1 aliphatic heterocycles. The molecule has 1 saturated heterocycles. The normalized spacial score (nSPS) is 17.4. The van der Waals surface area contributed by atoms with Gasteiger partial charge in [0.1, 0.15) is 11.8 Å². The highest BCUT2D eigenvalue weighted by Crippen LogP contribution is 2.21. The van der Waals surface area contributed by atoms with E-state index in [1.165, 1.54) is 5.69 Å². The number of piperazine rings is 1. The summed E-state index contributed by atoms with van der Waals surface area (Å²) in [5.41, 5.74) is 1.19. The molecule has 0 saturated carbocycles. The van der Waals surface area contributed by atoms with E-state index in [-0.39, 0.29) is 12.0 Å². The molecule has 1 aromatic carbocycles. The molecule has 2 rings (SSSR count). The molecule has 1 aromatic rings. The first kappa shape index (κ1) is 15.6. The summed E-state index contributed by atoms with van der Waals surface area (Å²) in [6.07, 6.45) is 0. The predicted molar refractivity (Wildman–Crippen MR) is 82.9 cm³/mol. The van der Waals surface area contributed by atoms with Gasteiger partial charge in [0.2, 0.25) is 0 Å². The monoisotopic (exact) mass is 292 g/mol. The van der Waals surface area contributed by atoms with Crippen molar-refractivity contribution in [2.75, 3.05) is 44.8 Å². The number of anilines is 1. The number of carbonyl (C=O) groups is 1. The molecule has 1 atom stereocenters. The lowest BCUT2D eigenvalue weighted by Crippen LogP contribution is -2.52. The molecular formula is C16H24N2O3. The van der Waals surface area contributed by atoms with Gasteiger partial charge in [0.25, 0.3) is 0 Å². The summed E-state index contributed by atoms with van der Waals surface area (Å²) in [5, 5.41) is 0. The smallest absolute Gasteiger partial charge is 0.323 e. The molecule has 5 nitrogen and oxygen atoms in total. The summed E-state index contributed by atoms with van der Waals surface area (Å²) in [5.74, 6) is 0.740. The molecule has 21 heavy (non-hydrogen) atoms. The van der Waals surface area contributed by atoms with Crippen LogP contribution in [0.15, 0.2) is 24.3 Å². The number of hydrogen-bond acceptors (Lipinski definition) is 5. The van der Waals surface area contributed by atoms with Crippen LogP contribution in [0.4, 0.5) is 5.69 Å². The van der Waals surface area contributed by atoms with Crippen LogP contribution < -0.4 is 9.64 Å². The summed E-state index contributed by atoms with van der Waals surface area (Å²) in [6.45, 7) is 7.76. The van der Waals surface area contributed by atoms with Crippen molar-refractivity contribution in [3.05, 3.63) is 24.3 Å². The van der Waals surface area contributed by atoms with Crippen LogP contribution in [0, 0.1) is 0 Å². The number of nitrogens with zero attached hydrogens (tertiary/aromatic N) is 2. The van der Waals surface area contributed by atoms with E-state index >= 15 is 0 Å². The van der Waals surface area contributed by atoms with Gasteiger partial charge in [0, 0.05) is 31.9 Å². The van der Waals surface area contributed by atoms with Gasteiger partial charge < -0.3 is 14.4 Å². The zero-order valence-electron chi connectivity index (χ0n) is 13.0. The van der Waals surface area contributed by atoms with E-state index in [0.717, 1.165) is 31.9 Å². The van der Waals surface area contributed by atoms with Crippen molar-refractivity contribution in [3.63, 3.8) is 0 Å². The van der Waals surface area contributed by atoms with Gasteiger partial charge in [-0.3, -0.25) is 9.69 Å². The second-order valence-electron chi connectivity index (χ2n) is 5.15. The third kappa shape index (κ3) is 3.88. The van der Waals surface area contributed by atoms with Crippen molar-refractivity contribution < 1.29 is 14.3 Å². The Bertz CT molecular complexity index is 453. The fraction of sp³-hybridized carbons (Fsp3) is 0.562. The molecule has 0 unspecified atom stereocenters. The van der Waals surface area contributed by atoms with Gasteiger partial charge in [0.15, 0.2) is 0 Å². The molecule has 0 bridgehead atoms. The van der Waals surface area contributed by atoms with Crippen molar-refractivity contribution in [1.82, 2.24) is 4.90 Å². The Morgan fingerprint density at radius 3 is 2.33 bits per heavy atom. The van der Waals surface area contributed by atoms with Gasteiger partial charge in [-0.25, -0.2) is 0 Å². The number of rotatable bonds is 5. The summed E-state index contributed by atoms with van der Waals surface area (Å²) in [4.78, 5) is 16.3. The Hall–Kier alpha value is -1.75. The standard InChI is InChI=1S/C16H24N2O3/c1-4-21-16(19)13(2)17-9-11-18(12-10-17)14-5-7-15(20-3)8-6-14/h5-8,13H,4,9-12H2,1-3H3/t13-/m1/s1. The summed E-state index contributed by atoms with van der Waals surface area (Å²) in [6, 6.07) is 7.93. The molecule has 0 radical (unpaired) electrons. The molecule has 1 fully saturated rings. The van der Waals surface area contributed by atoms with Crippen LogP contribution in [0.1, 0.15) is 13.8 Å². The lowest BCUT2D eigenvalue weighted by molar-refractivity contribution is -0.149. The van der Waals surface area contributed by atoms with E-state index in [1.54, 1.807) is 7.11 Å². The van der Waals surface area contributed by atoms with Crippen molar-refractivity contribution in [1.29, 1.82) is 0 Å². The number of carbonyl (C=O) groups excluding carboxylic acids is 1. The minimum Gasteiger partial charge on any atom is -0.497 e. The fourth-order valence-corrected chi connectivity index (χ4v) is 2.57. The highest BCUT2D eigenvalue weighted by Gasteiger charge is 2.26. The first-order valence-corrected chi connectivity index (χ1v) is 7.45. The number of benzene rings is 1. The van der Waals surface area contributed by atoms with Crippen LogP contribution in [0.2, 0.25) is 0 Å². The van der Waals surface area contributed by atoms with Gasteiger partial charge in [-0.1, -0.05) is 0 Å². The Morgan fingerprint density at radius 1 is 1.19 bits per heavy atom. The highest BCUT2D eigenvalue weighted by molar-refractivity contribution is 5.75. The molecule has 0 spiro atoms. The van der Waals surface area contributed by atoms with Gasteiger partial charge in [0.05, 0.1) is 13.7 Å². The Kier molecular flexibility index (Phi) is 5.44. The zero-order valence-corrected chi connectivity index (χ0v) is 13.0. The summed E-state index contributed by atoms with van der Waals surface area (Å²) < 4.78 is 10.3. The minimum absolute atomic E-state index is 0.129. The topological polar surface area (TPSA) is 42.0 Å². The quantitative estimate of drug-likeness (QED) is 0.774. The second-order valence-corrected chi connectivity index (χ2v) is 5.15. The van der Waals surface area contributed by atoms with Crippen molar-refractivity contribution in [2.24, 2.45) is 0 Å². The van der Waals surface area contributed by atoms with E-state index < -0.39 is 0 Å². The number of methoxy groups -OCH3 is 1. The fourth-order valence-electron chi connectivity index (χ4n) is 2.57. The van der Waals surface area contributed by atoms with Crippen LogP contribution >= 0.6 is 0 Å². The van der Waals surface area contributed by atoms with E-state index in [4.69, 9.17) is 9.47 Å². The molecule has 0 N–H and O–H groups in total. The third-order valence-corrected chi connectivity index (χ3v) is 3.93. The average Bonchev–Trinajstić information content (AvgIpc) is 2.54. The van der Waals surface area contributed by atoms with Crippen molar-refractivity contribution in [3.8, 4) is 5.75 Å². The Morgan fingerprint density at radius 2 is 1.81 bits per heavy atom. The molecule has 1 aliphatic rings. The molecule has 1 heterocycles. The minimum atomic E-state index is -0.164. The maximum absolute atomic E-state index is 11.8. The maximum atomic E-state index is 11.8. The molecule has 0 aliphatic carbocycles. The van der Waals surface area contributed by atoms with Crippen LogP contribution in [-0.4, -0.2) is 56.8 Å². The zero-order chi connectivity index (χ0) is 15.2. The lowest BCUT2D eigenvalue weighted by atomic mass is 10.2. The maximum Gasteiger partial charge on any atom is 0.323 e. The van der Waals surface area contributed by atoms with Crippen LogP contribution in [0.3, 0.4) is 0 Å². The first-order valence-electron chi connectivity index (χ1n) is 7.45. The Labute approximate surface area is 126 Å². The lowest BCUT2D eigenvalue weighted by Gasteiger charge is -2.38. The van der Waals surface area contributed by atoms with E-state index in [9.17, 15) is 4.79 Å². The average molecular weight is 292 g/mol. The molecular weight excluding hydrogens is 268 g/mol. The second kappa shape index (κ2) is 7.31. The van der Waals surface area contributed by atoms with E-state index in [2.05, 4.69) is 21.9 Å². The first-order chi connectivity index (χ1) is 10.2. The van der Waals surface area contributed by atoms with Crippen LogP contribution in [-0.2, 0) is 9.53 Å². The number of esters is 1.